The molecular weight excluding hydrogens is 382 g/mol. The van der Waals surface area contributed by atoms with Crippen molar-refractivity contribution in [3.8, 4) is 40.0 Å². The van der Waals surface area contributed by atoms with E-state index < -0.39 is 0 Å². The normalized spacial score (nSPS) is 10.5. The van der Waals surface area contributed by atoms with Crippen LogP contribution in [0.15, 0.2) is 54.6 Å². The lowest BCUT2D eigenvalue weighted by Crippen LogP contribution is -2.04. The van der Waals surface area contributed by atoms with E-state index in [4.69, 9.17) is 19.9 Å². The number of hydrogen-bond acceptors (Lipinski definition) is 7. The second-order valence-electron chi connectivity index (χ2n) is 6.75. The van der Waals surface area contributed by atoms with Crippen LogP contribution in [-0.2, 0) is 0 Å². The highest BCUT2D eigenvalue weighted by molar-refractivity contribution is 5.75. The Morgan fingerprint density at radius 1 is 1.10 bits per heavy atom. The van der Waals surface area contributed by atoms with E-state index in [2.05, 4.69) is 16.5 Å². The summed E-state index contributed by atoms with van der Waals surface area (Å²) in [6, 6.07) is 12.3. The average Bonchev–Trinajstić information content (AvgIpc) is 2.70. The van der Waals surface area contributed by atoms with Gasteiger partial charge in [0.2, 0.25) is 5.95 Å². The van der Waals surface area contributed by atoms with Gasteiger partial charge in [-0.2, -0.15) is 0 Å². The Kier molecular flexibility index (Phi) is 6.41. The highest BCUT2D eigenvalue weighted by Gasteiger charge is 2.20. The number of anilines is 1. The van der Waals surface area contributed by atoms with Crippen LogP contribution in [0.2, 0.25) is 0 Å². The van der Waals surface area contributed by atoms with Crippen molar-refractivity contribution < 1.29 is 19.3 Å². The second-order valence-corrected chi connectivity index (χ2v) is 6.75. The number of phenolic OH excluding ortho intramolecular Hbond substituents is 1. The number of nitrogens with zero attached hydrogens (tertiary/aromatic N) is 2. The zero-order valence-electron chi connectivity index (χ0n) is 17.3. The molecule has 30 heavy (non-hydrogen) atoms. The third-order valence-electron chi connectivity index (χ3n) is 4.12. The minimum atomic E-state index is -0.0188. The van der Waals surface area contributed by atoms with Gasteiger partial charge in [-0.3, -0.25) is 0 Å². The van der Waals surface area contributed by atoms with Gasteiger partial charge in [-0.15, -0.1) is 0 Å². The molecule has 0 saturated carbocycles. The standard InChI is InChI=1S/C23H25N3O4/c1-5-28-19-8-6-7-9-20(19)30-22-15(4)25-23(24)26-21(22)17-11-10-16(12-18(17)27)29-13-14(2)3/h6-12,27H,2,5,13H2,1,3-4H3,(H2,24,25,26). The molecule has 3 rings (SSSR count). The summed E-state index contributed by atoms with van der Waals surface area (Å²) < 4.78 is 17.4. The number of aromatic nitrogens is 2. The zero-order valence-corrected chi connectivity index (χ0v) is 17.3. The zero-order chi connectivity index (χ0) is 21.7. The summed E-state index contributed by atoms with van der Waals surface area (Å²) in [6.07, 6.45) is 0. The molecule has 3 N–H and O–H groups in total. The Labute approximate surface area is 175 Å². The van der Waals surface area contributed by atoms with E-state index in [0.717, 1.165) is 5.57 Å². The molecule has 0 spiro atoms. The van der Waals surface area contributed by atoms with E-state index >= 15 is 0 Å². The van der Waals surface area contributed by atoms with Crippen LogP contribution in [0.1, 0.15) is 19.5 Å². The summed E-state index contributed by atoms with van der Waals surface area (Å²) in [6.45, 7) is 10.2. The van der Waals surface area contributed by atoms with E-state index in [1.54, 1.807) is 25.1 Å². The van der Waals surface area contributed by atoms with Crippen LogP contribution in [0.5, 0.6) is 28.7 Å². The van der Waals surface area contributed by atoms with E-state index in [-0.39, 0.29) is 11.7 Å². The summed E-state index contributed by atoms with van der Waals surface area (Å²) in [7, 11) is 0. The summed E-state index contributed by atoms with van der Waals surface area (Å²) in [5, 5.41) is 10.6. The van der Waals surface area contributed by atoms with Crippen molar-refractivity contribution in [2.45, 2.75) is 20.8 Å². The molecule has 1 heterocycles. The van der Waals surface area contributed by atoms with Gasteiger partial charge in [0.1, 0.15) is 23.8 Å². The number of aryl methyl sites for hydroxylation is 1. The fourth-order valence-corrected chi connectivity index (χ4v) is 2.82. The first-order valence-corrected chi connectivity index (χ1v) is 9.53. The smallest absolute Gasteiger partial charge is 0.221 e. The van der Waals surface area contributed by atoms with Crippen LogP contribution >= 0.6 is 0 Å². The molecule has 0 bridgehead atoms. The highest BCUT2D eigenvalue weighted by atomic mass is 16.5. The second kappa shape index (κ2) is 9.17. The van der Waals surface area contributed by atoms with Gasteiger partial charge in [-0.25, -0.2) is 9.97 Å². The van der Waals surface area contributed by atoms with Gasteiger partial charge in [0.25, 0.3) is 0 Å². The lowest BCUT2D eigenvalue weighted by atomic mass is 10.1. The number of phenols is 1. The number of rotatable bonds is 8. The number of para-hydroxylation sites is 2. The van der Waals surface area contributed by atoms with Crippen LogP contribution in [0.3, 0.4) is 0 Å². The molecule has 156 valence electrons. The molecule has 0 radical (unpaired) electrons. The summed E-state index contributed by atoms with van der Waals surface area (Å²) >= 11 is 0. The molecule has 0 saturated heterocycles. The first kappa shape index (κ1) is 21.0. The molecule has 1 aromatic heterocycles. The predicted octanol–water partition coefficient (Wildman–Crippen LogP) is 4.89. The van der Waals surface area contributed by atoms with Gasteiger partial charge in [0.05, 0.1) is 12.3 Å². The molecule has 0 aliphatic carbocycles. The van der Waals surface area contributed by atoms with Gasteiger partial charge < -0.3 is 25.1 Å². The first-order chi connectivity index (χ1) is 14.4. The van der Waals surface area contributed by atoms with Crippen LogP contribution in [0.4, 0.5) is 5.95 Å². The Bertz CT molecular complexity index is 1070. The largest absolute Gasteiger partial charge is 0.507 e. The number of aromatic hydroxyl groups is 1. The maximum Gasteiger partial charge on any atom is 0.221 e. The average molecular weight is 407 g/mol. The van der Waals surface area contributed by atoms with E-state index in [1.165, 1.54) is 6.07 Å². The Morgan fingerprint density at radius 2 is 1.83 bits per heavy atom. The third-order valence-corrected chi connectivity index (χ3v) is 4.12. The first-order valence-electron chi connectivity index (χ1n) is 9.53. The van der Waals surface area contributed by atoms with Crippen LogP contribution in [0.25, 0.3) is 11.3 Å². The summed E-state index contributed by atoms with van der Waals surface area (Å²) in [5.41, 5.74) is 8.10. The number of nitrogens with two attached hydrogens (primary N) is 1. The fourth-order valence-electron chi connectivity index (χ4n) is 2.82. The quantitative estimate of drug-likeness (QED) is 0.513. The van der Waals surface area contributed by atoms with Gasteiger partial charge in [-0.1, -0.05) is 18.7 Å². The van der Waals surface area contributed by atoms with Crippen molar-refractivity contribution in [3.05, 3.63) is 60.3 Å². The van der Waals surface area contributed by atoms with Crippen molar-refractivity contribution >= 4 is 5.95 Å². The topological polar surface area (TPSA) is 99.7 Å². The van der Waals surface area contributed by atoms with Crippen molar-refractivity contribution in [2.24, 2.45) is 0 Å². The molecule has 0 aliphatic rings. The Hall–Kier alpha value is -3.74. The van der Waals surface area contributed by atoms with Gasteiger partial charge in [-0.05, 0) is 50.6 Å². The molecule has 7 nitrogen and oxygen atoms in total. The van der Waals surface area contributed by atoms with Gasteiger partial charge in [0, 0.05) is 11.6 Å². The fraction of sp³-hybridized carbons (Fsp3) is 0.217. The number of ether oxygens (including phenoxy) is 3. The monoisotopic (exact) mass is 407 g/mol. The Morgan fingerprint density at radius 3 is 2.50 bits per heavy atom. The lowest BCUT2D eigenvalue weighted by Gasteiger charge is -2.16. The number of benzene rings is 2. The SMILES string of the molecule is C=C(C)COc1ccc(-c2nc(N)nc(C)c2Oc2ccccc2OCC)c(O)c1. The van der Waals surface area contributed by atoms with Crippen molar-refractivity contribution in [1.29, 1.82) is 0 Å². The number of hydrogen-bond donors (Lipinski definition) is 2. The minimum absolute atomic E-state index is 0.0188. The molecule has 0 amide bonds. The molecule has 2 aromatic carbocycles. The molecule has 0 atom stereocenters. The highest BCUT2D eigenvalue weighted by Crippen LogP contribution is 2.41. The predicted molar refractivity (Wildman–Crippen MR) is 116 cm³/mol. The van der Waals surface area contributed by atoms with Crippen LogP contribution in [0, 0.1) is 6.92 Å². The van der Waals surface area contributed by atoms with Crippen LogP contribution < -0.4 is 19.9 Å². The molecule has 7 heteroatoms. The van der Waals surface area contributed by atoms with E-state index in [1.807, 2.05) is 32.0 Å². The third kappa shape index (κ3) is 4.81. The van der Waals surface area contributed by atoms with Crippen molar-refractivity contribution in [1.82, 2.24) is 9.97 Å². The maximum absolute atomic E-state index is 10.6. The molecule has 0 aliphatic heterocycles. The Balaban J connectivity index is 2.03. The molecule has 3 aromatic rings. The summed E-state index contributed by atoms with van der Waals surface area (Å²) in [4.78, 5) is 8.54. The van der Waals surface area contributed by atoms with Crippen LogP contribution in [-0.4, -0.2) is 28.3 Å². The molecule has 0 unspecified atom stereocenters. The lowest BCUT2D eigenvalue weighted by molar-refractivity contribution is 0.321. The molecular formula is C23H25N3O4. The van der Waals surface area contributed by atoms with Crippen molar-refractivity contribution in [3.63, 3.8) is 0 Å². The van der Waals surface area contributed by atoms with Gasteiger partial charge >= 0.3 is 0 Å². The van der Waals surface area contributed by atoms with E-state index in [0.29, 0.717) is 53.2 Å². The maximum atomic E-state index is 10.6. The summed E-state index contributed by atoms with van der Waals surface area (Å²) in [5.74, 6) is 2.06. The number of nitrogen functional groups attached to an aromatic ring is 1. The minimum Gasteiger partial charge on any atom is -0.507 e. The van der Waals surface area contributed by atoms with Gasteiger partial charge in [0.15, 0.2) is 17.2 Å². The molecule has 0 fully saturated rings. The van der Waals surface area contributed by atoms with E-state index in [9.17, 15) is 5.11 Å². The van der Waals surface area contributed by atoms with Crippen molar-refractivity contribution in [2.75, 3.05) is 18.9 Å².